The molecule has 0 saturated heterocycles. The molecule has 3 nitrogen and oxygen atoms in total. The number of hydrogen-bond donors (Lipinski definition) is 0. The fourth-order valence-corrected chi connectivity index (χ4v) is 4.19. The van der Waals surface area contributed by atoms with Crippen LogP contribution in [0.5, 0.6) is 0 Å². The number of esters is 1. The van der Waals surface area contributed by atoms with Crippen LogP contribution in [0.3, 0.4) is 0 Å². The Morgan fingerprint density at radius 3 is 1.93 bits per heavy atom. The number of ether oxygens (including phenoxy) is 1. The smallest absolute Gasteiger partial charge is 0.364 e. The minimum atomic E-state index is -0.0866. The fraction of sp³-hybridized carbons (Fsp3) is 0.741. The van der Waals surface area contributed by atoms with Gasteiger partial charge in [0, 0.05) is 12.0 Å². The first-order valence-electron chi connectivity index (χ1n) is 12.5. The molecule has 1 rings (SSSR count). The number of unbranched alkanes of at least 4 members (excludes halogenated alkanes) is 10. The van der Waals surface area contributed by atoms with Crippen molar-refractivity contribution in [1.29, 1.82) is 0 Å². The van der Waals surface area contributed by atoms with E-state index in [1.807, 2.05) is 6.07 Å². The van der Waals surface area contributed by atoms with E-state index in [1.165, 1.54) is 63.4 Å². The highest BCUT2D eigenvalue weighted by atomic mass is 16.5. The molecule has 1 atom stereocenters. The Labute approximate surface area is 186 Å². The van der Waals surface area contributed by atoms with E-state index in [-0.39, 0.29) is 12.0 Å². The fourth-order valence-electron chi connectivity index (χ4n) is 4.19. The Kier molecular flexibility index (Phi) is 14.5. The zero-order chi connectivity index (χ0) is 22.1. The van der Waals surface area contributed by atoms with Crippen molar-refractivity contribution in [3.8, 4) is 0 Å². The maximum absolute atomic E-state index is 13.0. The van der Waals surface area contributed by atoms with Crippen molar-refractivity contribution in [1.82, 2.24) is 0 Å². The van der Waals surface area contributed by atoms with Gasteiger partial charge in [-0.1, -0.05) is 108 Å². The van der Waals surface area contributed by atoms with Gasteiger partial charge in [0.25, 0.3) is 0 Å². The molecule has 0 spiro atoms. The predicted octanol–water partition coefficient (Wildman–Crippen LogP) is 7.29. The van der Waals surface area contributed by atoms with Crippen molar-refractivity contribution in [2.24, 2.45) is 0 Å². The summed E-state index contributed by atoms with van der Waals surface area (Å²) in [6, 6.07) is 10.4. The van der Waals surface area contributed by atoms with E-state index >= 15 is 0 Å². The Hall–Kier alpha value is -1.35. The maximum Gasteiger partial charge on any atom is 0.364 e. The lowest BCUT2D eigenvalue weighted by atomic mass is 10.0. The number of carbonyl (C=O) groups excluding carboxylic acids is 1. The average molecular weight is 419 g/mol. The van der Waals surface area contributed by atoms with E-state index in [2.05, 4.69) is 52.2 Å². The number of quaternary nitrogens is 1. The van der Waals surface area contributed by atoms with E-state index < -0.39 is 0 Å². The van der Waals surface area contributed by atoms with Crippen LogP contribution in [0, 0.1) is 0 Å². The second kappa shape index (κ2) is 16.4. The van der Waals surface area contributed by atoms with E-state index in [9.17, 15) is 4.79 Å². The molecule has 0 aliphatic rings. The Morgan fingerprint density at radius 1 is 0.800 bits per heavy atom. The highest BCUT2D eigenvalue weighted by Gasteiger charge is 2.35. The molecular formula is C27H48NO2+. The van der Waals surface area contributed by atoms with Gasteiger partial charge in [0.1, 0.15) is 6.54 Å². The highest BCUT2D eigenvalue weighted by molar-refractivity contribution is 5.74. The Morgan fingerprint density at radius 2 is 1.33 bits per heavy atom. The molecular weight excluding hydrogens is 370 g/mol. The summed E-state index contributed by atoms with van der Waals surface area (Å²) in [7, 11) is 4.36. The molecule has 1 aromatic carbocycles. The summed E-state index contributed by atoms with van der Waals surface area (Å²) in [6.45, 7) is 5.89. The summed E-state index contributed by atoms with van der Waals surface area (Å²) >= 11 is 0. The molecule has 30 heavy (non-hydrogen) atoms. The second-order valence-electron chi connectivity index (χ2n) is 9.43. The van der Waals surface area contributed by atoms with Gasteiger partial charge in [0.15, 0.2) is 6.04 Å². The molecule has 0 saturated carbocycles. The van der Waals surface area contributed by atoms with Gasteiger partial charge in [-0.05, 0) is 12.8 Å². The van der Waals surface area contributed by atoms with Crippen LogP contribution in [-0.4, -0.2) is 37.2 Å². The molecule has 0 amide bonds. The Balaban J connectivity index is 2.56. The van der Waals surface area contributed by atoms with Crippen molar-refractivity contribution in [2.75, 3.05) is 20.7 Å². The zero-order valence-electron chi connectivity index (χ0n) is 20.3. The molecule has 0 bridgehead atoms. The number of carbonyl (C=O) groups is 1. The van der Waals surface area contributed by atoms with Crippen molar-refractivity contribution < 1.29 is 14.0 Å². The first-order chi connectivity index (χ1) is 14.5. The van der Waals surface area contributed by atoms with Crippen molar-refractivity contribution >= 4 is 5.97 Å². The molecule has 0 radical (unpaired) electrons. The first kappa shape index (κ1) is 26.7. The molecule has 0 aliphatic carbocycles. The van der Waals surface area contributed by atoms with Gasteiger partial charge in [0.2, 0.25) is 0 Å². The summed E-state index contributed by atoms with van der Waals surface area (Å²) in [6.07, 6.45) is 15.8. The van der Waals surface area contributed by atoms with Gasteiger partial charge in [0.05, 0.1) is 20.7 Å². The summed E-state index contributed by atoms with van der Waals surface area (Å²) in [5, 5.41) is 0. The van der Waals surface area contributed by atoms with Crippen molar-refractivity contribution in [3.63, 3.8) is 0 Å². The van der Waals surface area contributed by atoms with Gasteiger partial charge in [-0.15, -0.1) is 0 Å². The minimum Gasteiger partial charge on any atom is -0.461 e. The topological polar surface area (TPSA) is 26.3 Å². The van der Waals surface area contributed by atoms with Crippen LogP contribution in [-0.2, 0) is 16.1 Å². The quantitative estimate of drug-likeness (QED) is 0.142. The largest absolute Gasteiger partial charge is 0.461 e. The predicted molar refractivity (Wildman–Crippen MR) is 128 cm³/mol. The first-order valence-corrected chi connectivity index (χ1v) is 12.5. The molecule has 1 aromatic rings. The van der Waals surface area contributed by atoms with Crippen LogP contribution in [0.2, 0.25) is 0 Å². The van der Waals surface area contributed by atoms with Gasteiger partial charge >= 0.3 is 5.97 Å². The molecule has 0 fully saturated rings. The molecule has 172 valence electrons. The average Bonchev–Trinajstić information content (AvgIpc) is 2.72. The van der Waals surface area contributed by atoms with Crippen LogP contribution in [0.15, 0.2) is 30.3 Å². The number of benzene rings is 1. The molecule has 0 aromatic heterocycles. The van der Waals surface area contributed by atoms with E-state index in [4.69, 9.17) is 4.74 Å². The lowest BCUT2D eigenvalue weighted by Crippen LogP contribution is -2.52. The van der Waals surface area contributed by atoms with E-state index in [1.54, 1.807) is 0 Å². The normalized spacial score (nSPS) is 12.7. The molecule has 1 unspecified atom stereocenters. The molecule has 0 heterocycles. The molecule has 0 aliphatic heterocycles. The second-order valence-corrected chi connectivity index (χ2v) is 9.43. The standard InChI is InChI=1S/C27H48NO2/c1-5-7-9-11-12-13-14-18-22-26(27(29)30-23-19-10-8-6-2)28(3,4)24-25-20-16-15-17-21-25/h15-17,20-21,26H,5-14,18-19,22-24H2,1-4H3/q+1. The number of rotatable bonds is 18. The van der Waals surface area contributed by atoms with Crippen LogP contribution in [0.25, 0.3) is 0 Å². The monoisotopic (exact) mass is 418 g/mol. The van der Waals surface area contributed by atoms with Crippen LogP contribution >= 0.6 is 0 Å². The van der Waals surface area contributed by atoms with Crippen molar-refractivity contribution in [3.05, 3.63) is 35.9 Å². The van der Waals surface area contributed by atoms with Crippen molar-refractivity contribution in [2.45, 2.75) is 110 Å². The summed E-state index contributed by atoms with van der Waals surface area (Å²) in [5.74, 6) is -0.00428. The van der Waals surface area contributed by atoms with Crippen LogP contribution < -0.4 is 0 Å². The zero-order valence-corrected chi connectivity index (χ0v) is 20.3. The van der Waals surface area contributed by atoms with Crippen LogP contribution in [0.1, 0.15) is 103 Å². The van der Waals surface area contributed by atoms with Gasteiger partial charge in [-0.25, -0.2) is 4.79 Å². The summed E-state index contributed by atoms with van der Waals surface area (Å²) in [4.78, 5) is 13.0. The summed E-state index contributed by atoms with van der Waals surface area (Å²) < 4.78 is 6.40. The van der Waals surface area contributed by atoms with Gasteiger partial charge < -0.3 is 9.22 Å². The Bertz CT molecular complexity index is 541. The number of nitrogens with zero attached hydrogens (tertiary/aromatic N) is 1. The van der Waals surface area contributed by atoms with Gasteiger partial charge in [-0.3, -0.25) is 0 Å². The third-order valence-corrected chi connectivity index (χ3v) is 6.12. The lowest BCUT2D eigenvalue weighted by Gasteiger charge is -2.36. The summed E-state index contributed by atoms with van der Waals surface area (Å²) in [5.41, 5.74) is 1.28. The van der Waals surface area contributed by atoms with Gasteiger partial charge in [-0.2, -0.15) is 0 Å². The molecule has 0 N–H and O–H groups in total. The van der Waals surface area contributed by atoms with Crippen LogP contribution in [0.4, 0.5) is 0 Å². The van der Waals surface area contributed by atoms with E-state index in [0.717, 1.165) is 32.2 Å². The minimum absolute atomic E-state index is 0.00428. The SMILES string of the molecule is CCCCCCCCCCC(C(=O)OCCCCCC)[N+](C)(C)Cc1ccccc1. The molecule has 3 heteroatoms. The number of hydrogen-bond acceptors (Lipinski definition) is 2. The highest BCUT2D eigenvalue weighted by Crippen LogP contribution is 2.21. The maximum atomic E-state index is 13.0. The number of likely N-dealkylation sites (N-methyl/N-ethyl adjacent to an activating group) is 1. The van der Waals surface area contributed by atoms with E-state index in [0.29, 0.717) is 11.1 Å². The lowest BCUT2D eigenvalue weighted by molar-refractivity contribution is -0.920. The third-order valence-electron chi connectivity index (χ3n) is 6.12. The third kappa shape index (κ3) is 11.7.